The molecule has 1 aromatic carbocycles. The first-order valence-corrected chi connectivity index (χ1v) is 7.21. The van der Waals surface area contributed by atoms with Crippen molar-refractivity contribution in [2.24, 2.45) is 0 Å². The number of hydrogen-bond acceptors (Lipinski definition) is 3. The molecule has 0 aliphatic carbocycles. The minimum Gasteiger partial charge on any atom is -0.383 e. The van der Waals surface area contributed by atoms with E-state index in [0.717, 1.165) is 23.2 Å². The van der Waals surface area contributed by atoms with Crippen molar-refractivity contribution in [2.45, 2.75) is 25.8 Å². The molecular formula is C14H18BrN3. The Morgan fingerprint density at radius 1 is 1.50 bits per heavy atom. The van der Waals surface area contributed by atoms with Gasteiger partial charge in [-0.05, 0) is 44.1 Å². The van der Waals surface area contributed by atoms with Gasteiger partial charge in [-0.2, -0.15) is 5.26 Å². The number of benzene rings is 1. The van der Waals surface area contributed by atoms with Crippen LogP contribution in [0.4, 0.5) is 5.69 Å². The zero-order valence-corrected chi connectivity index (χ0v) is 12.2. The third-order valence-electron chi connectivity index (χ3n) is 3.47. The summed E-state index contributed by atoms with van der Waals surface area (Å²) < 4.78 is 0.947. The number of nitriles is 1. The van der Waals surface area contributed by atoms with E-state index in [1.165, 1.54) is 19.4 Å². The molecular weight excluding hydrogens is 290 g/mol. The van der Waals surface area contributed by atoms with E-state index in [9.17, 15) is 0 Å². The Labute approximate surface area is 117 Å². The van der Waals surface area contributed by atoms with Crippen molar-refractivity contribution < 1.29 is 0 Å². The van der Waals surface area contributed by atoms with Gasteiger partial charge in [0.15, 0.2) is 0 Å². The summed E-state index contributed by atoms with van der Waals surface area (Å²) >= 11 is 3.43. The fourth-order valence-electron chi connectivity index (χ4n) is 2.53. The molecule has 1 heterocycles. The van der Waals surface area contributed by atoms with Crippen molar-refractivity contribution in [1.29, 1.82) is 5.26 Å². The molecule has 0 amide bonds. The highest BCUT2D eigenvalue weighted by Gasteiger charge is 2.22. The molecule has 0 aromatic heterocycles. The highest BCUT2D eigenvalue weighted by molar-refractivity contribution is 9.10. The Kier molecular flexibility index (Phi) is 4.62. The van der Waals surface area contributed by atoms with E-state index in [0.29, 0.717) is 11.6 Å². The quantitative estimate of drug-likeness (QED) is 0.928. The number of rotatable bonds is 4. The first-order valence-electron chi connectivity index (χ1n) is 6.41. The minimum absolute atomic E-state index is 0.625. The average Bonchev–Trinajstić information content (AvgIpc) is 2.83. The van der Waals surface area contributed by atoms with Gasteiger partial charge in [0, 0.05) is 22.7 Å². The van der Waals surface area contributed by atoms with Crippen LogP contribution in [-0.2, 0) is 0 Å². The Morgan fingerprint density at radius 2 is 2.33 bits per heavy atom. The van der Waals surface area contributed by atoms with Crippen LogP contribution < -0.4 is 5.32 Å². The van der Waals surface area contributed by atoms with Gasteiger partial charge in [0.2, 0.25) is 0 Å². The third kappa shape index (κ3) is 3.24. The lowest BCUT2D eigenvalue weighted by atomic mass is 10.2. The summed E-state index contributed by atoms with van der Waals surface area (Å²) in [7, 11) is 0. The van der Waals surface area contributed by atoms with E-state index in [4.69, 9.17) is 5.26 Å². The zero-order chi connectivity index (χ0) is 13.0. The summed E-state index contributed by atoms with van der Waals surface area (Å²) in [5.41, 5.74) is 1.70. The van der Waals surface area contributed by atoms with Crippen LogP contribution >= 0.6 is 15.9 Å². The molecule has 1 atom stereocenters. The molecule has 18 heavy (non-hydrogen) atoms. The number of likely N-dealkylation sites (N-methyl/N-ethyl adjacent to an activating group) is 1. The highest BCUT2D eigenvalue weighted by Crippen LogP contribution is 2.21. The summed E-state index contributed by atoms with van der Waals surface area (Å²) in [4.78, 5) is 2.51. The van der Waals surface area contributed by atoms with Gasteiger partial charge < -0.3 is 5.32 Å². The third-order valence-corrected chi connectivity index (χ3v) is 3.93. The van der Waals surface area contributed by atoms with E-state index in [2.05, 4.69) is 39.1 Å². The summed E-state index contributed by atoms with van der Waals surface area (Å²) in [6.45, 7) is 5.50. The molecule has 1 N–H and O–H groups in total. The second-order valence-corrected chi connectivity index (χ2v) is 5.56. The maximum absolute atomic E-state index is 8.94. The molecule has 1 aliphatic heterocycles. The zero-order valence-electron chi connectivity index (χ0n) is 10.6. The molecule has 0 saturated carbocycles. The fraction of sp³-hybridized carbons (Fsp3) is 0.500. The SMILES string of the molecule is CCN1CCCC1CNc1cc(Br)cc(C#N)c1. The van der Waals surface area contributed by atoms with E-state index in [1.54, 1.807) is 0 Å². The molecule has 2 rings (SSSR count). The predicted molar refractivity (Wildman–Crippen MR) is 77.6 cm³/mol. The second-order valence-electron chi connectivity index (χ2n) is 4.65. The molecule has 96 valence electrons. The van der Waals surface area contributed by atoms with Crippen molar-refractivity contribution in [3.63, 3.8) is 0 Å². The number of nitrogens with zero attached hydrogens (tertiary/aromatic N) is 2. The van der Waals surface area contributed by atoms with Gasteiger partial charge in [-0.15, -0.1) is 0 Å². The van der Waals surface area contributed by atoms with Gasteiger partial charge >= 0.3 is 0 Å². The number of likely N-dealkylation sites (tertiary alicyclic amines) is 1. The monoisotopic (exact) mass is 307 g/mol. The van der Waals surface area contributed by atoms with Gasteiger partial charge in [0.05, 0.1) is 11.6 Å². The highest BCUT2D eigenvalue weighted by atomic mass is 79.9. The fourth-order valence-corrected chi connectivity index (χ4v) is 3.03. The van der Waals surface area contributed by atoms with Crippen LogP contribution in [0.1, 0.15) is 25.3 Å². The Hall–Kier alpha value is -1.05. The summed E-state index contributed by atoms with van der Waals surface area (Å²) in [6, 6.07) is 8.55. The number of hydrogen-bond donors (Lipinski definition) is 1. The number of anilines is 1. The molecule has 1 unspecified atom stereocenters. The van der Waals surface area contributed by atoms with E-state index < -0.39 is 0 Å². The lowest BCUT2D eigenvalue weighted by Gasteiger charge is -2.23. The van der Waals surface area contributed by atoms with Crippen LogP contribution in [0, 0.1) is 11.3 Å². The van der Waals surface area contributed by atoms with Crippen molar-refractivity contribution >= 4 is 21.6 Å². The van der Waals surface area contributed by atoms with E-state index in [1.807, 2.05) is 18.2 Å². The molecule has 3 nitrogen and oxygen atoms in total. The first kappa shape index (κ1) is 13.4. The molecule has 1 saturated heterocycles. The van der Waals surface area contributed by atoms with Crippen molar-refractivity contribution in [3.8, 4) is 6.07 Å². The average molecular weight is 308 g/mol. The first-order chi connectivity index (χ1) is 8.72. The maximum Gasteiger partial charge on any atom is 0.0992 e. The largest absolute Gasteiger partial charge is 0.383 e. The molecule has 0 bridgehead atoms. The van der Waals surface area contributed by atoms with Gasteiger partial charge in [-0.25, -0.2) is 0 Å². The maximum atomic E-state index is 8.94. The van der Waals surface area contributed by atoms with Gasteiger partial charge in [-0.1, -0.05) is 22.9 Å². The predicted octanol–water partition coefficient (Wildman–Crippen LogP) is 3.22. The second kappa shape index (κ2) is 6.21. The van der Waals surface area contributed by atoms with Crippen molar-refractivity contribution in [3.05, 3.63) is 28.2 Å². The normalized spacial score (nSPS) is 19.7. The molecule has 0 spiro atoms. The van der Waals surface area contributed by atoms with Crippen LogP contribution in [0.15, 0.2) is 22.7 Å². The molecule has 0 radical (unpaired) electrons. The smallest absolute Gasteiger partial charge is 0.0992 e. The Bertz CT molecular complexity index is 453. The summed E-state index contributed by atoms with van der Waals surface area (Å²) in [5, 5.41) is 12.4. The number of halogens is 1. The van der Waals surface area contributed by atoms with Crippen LogP contribution in [0.5, 0.6) is 0 Å². The van der Waals surface area contributed by atoms with Crippen molar-refractivity contribution in [2.75, 3.05) is 25.0 Å². The lowest BCUT2D eigenvalue weighted by molar-refractivity contribution is 0.277. The van der Waals surface area contributed by atoms with Gasteiger partial charge in [-0.3, -0.25) is 4.90 Å². The molecule has 1 aliphatic rings. The lowest BCUT2D eigenvalue weighted by Crippen LogP contribution is -2.34. The van der Waals surface area contributed by atoms with E-state index >= 15 is 0 Å². The number of nitrogens with one attached hydrogen (secondary N) is 1. The van der Waals surface area contributed by atoms with Gasteiger partial charge in [0.25, 0.3) is 0 Å². The minimum atomic E-state index is 0.625. The van der Waals surface area contributed by atoms with E-state index in [-0.39, 0.29) is 0 Å². The molecule has 1 aromatic rings. The topological polar surface area (TPSA) is 39.1 Å². The van der Waals surface area contributed by atoms with Crippen LogP contribution in [0.3, 0.4) is 0 Å². The van der Waals surface area contributed by atoms with Crippen molar-refractivity contribution in [1.82, 2.24) is 4.90 Å². The standard InChI is InChI=1S/C14H18BrN3/c1-2-18-5-3-4-14(18)10-17-13-7-11(9-16)6-12(15)8-13/h6-8,14,17H,2-5,10H2,1H3. The molecule has 1 fully saturated rings. The van der Waals surface area contributed by atoms with Crippen LogP contribution in [-0.4, -0.2) is 30.6 Å². The van der Waals surface area contributed by atoms with Crippen LogP contribution in [0.2, 0.25) is 0 Å². The molecule has 4 heteroatoms. The Morgan fingerprint density at radius 3 is 3.06 bits per heavy atom. The summed E-state index contributed by atoms with van der Waals surface area (Å²) in [5.74, 6) is 0. The van der Waals surface area contributed by atoms with Gasteiger partial charge in [0.1, 0.15) is 0 Å². The van der Waals surface area contributed by atoms with Crippen LogP contribution in [0.25, 0.3) is 0 Å². The Balaban J connectivity index is 1.98. The summed E-state index contributed by atoms with van der Waals surface area (Å²) in [6.07, 6.45) is 2.56.